The Labute approximate surface area is 124 Å². The Kier molecular flexibility index (Phi) is 4.14. The first kappa shape index (κ1) is 13.6. The number of hydrogen-bond acceptors (Lipinski definition) is 6. The van der Waals surface area contributed by atoms with E-state index in [9.17, 15) is 0 Å². The van der Waals surface area contributed by atoms with Gasteiger partial charge in [-0.05, 0) is 25.0 Å². The Bertz CT molecular complexity index is 578. The summed E-state index contributed by atoms with van der Waals surface area (Å²) < 4.78 is 0. The molecule has 1 aliphatic heterocycles. The summed E-state index contributed by atoms with van der Waals surface area (Å²) in [4.78, 5) is 14.9. The van der Waals surface area contributed by atoms with E-state index in [1.807, 2.05) is 12.1 Å². The first-order valence-corrected chi connectivity index (χ1v) is 7.37. The highest BCUT2D eigenvalue weighted by molar-refractivity contribution is 5.78. The number of nitrogens with one attached hydrogen (secondary N) is 1. The fourth-order valence-electron chi connectivity index (χ4n) is 2.59. The molecule has 21 heavy (non-hydrogen) atoms. The van der Waals surface area contributed by atoms with Crippen molar-refractivity contribution in [2.45, 2.75) is 25.7 Å². The molecule has 3 N–H and O–H groups in total. The van der Waals surface area contributed by atoms with Crippen molar-refractivity contribution in [3.63, 3.8) is 0 Å². The lowest BCUT2D eigenvalue weighted by Crippen LogP contribution is -2.26. The Hall–Kier alpha value is -2.37. The zero-order valence-corrected chi connectivity index (χ0v) is 12.0. The molecule has 2 aromatic rings. The Balaban J connectivity index is 1.84. The highest BCUT2D eigenvalue weighted by Crippen LogP contribution is 2.29. The van der Waals surface area contributed by atoms with Gasteiger partial charge >= 0.3 is 0 Å². The van der Waals surface area contributed by atoms with Crippen LogP contribution in [0, 0.1) is 0 Å². The van der Waals surface area contributed by atoms with Crippen molar-refractivity contribution in [2.24, 2.45) is 0 Å². The largest absolute Gasteiger partial charge is 0.393 e. The molecular weight excluding hydrogens is 264 g/mol. The minimum Gasteiger partial charge on any atom is -0.393 e. The van der Waals surface area contributed by atoms with Crippen LogP contribution in [0.5, 0.6) is 0 Å². The van der Waals surface area contributed by atoms with Gasteiger partial charge in [0.15, 0.2) is 11.6 Å². The monoisotopic (exact) mass is 284 g/mol. The van der Waals surface area contributed by atoms with Crippen LogP contribution < -0.4 is 16.0 Å². The molecule has 0 spiro atoms. The fraction of sp³-hybridized carbons (Fsp3) is 0.400. The summed E-state index contributed by atoms with van der Waals surface area (Å²) >= 11 is 0. The average Bonchev–Trinajstić information content (AvgIpc) is 2.80. The normalized spacial score (nSPS) is 15.5. The van der Waals surface area contributed by atoms with Crippen LogP contribution in [0.25, 0.3) is 0 Å². The molecule has 6 heteroatoms. The molecule has 6 nitrogen and oxygen atoms in total. The molecule has 3 rings (SSSR count). The molecule has 1 saturated heterocycles. The van der Waals surface area contributed by atoms with Gasteiger partial charge in [0, 0.05) is 31.2 Å². The van der Waals surface area contributed by atoms with Gasteiger partial charge in [0.1, 0.15) is 12.0 Å². The van der Waals surface area contributed by atoms with Crippen molar-refractivity contribution in [3.05, 3.63) is 30.9 Å². The molecule has 1 aliphatic rings. The number of pyridine rings is 1. The van der Waals surface area contributed by atoms with Gasteiger partial charge in [0.25, 0.3) is 0 Å². The van der Waals surface area contributed by atoms with Crippen LogP contribution in [-0.2, 0) is 0 Å². The van der Waals surface area contributed by atoms with Crippen LogP contribution >= 0.6 is 0 Å². The lowest BCUT2D eigenvalue weighted by Gasteiger charge is -2.23. The summed E-state index contributed by atoms with van der Waals surface area (Å²) in [6, 6.07) is 3.76. The molecule has 110 valence electrons. The Morgan fingerprint density at radius 1 is 1.00 bits per heavy atom. The minimum atomic E-state index is 0.608. The predicted octanol–water partition coefficient (Wildman–Crippen LogP) is 2.58. The van der Waals surface area contributed by atoms with Crippen LogP contribution in [0.2, 0.25) is 0 Å². The minimum absolute atomic E-state index is 0.608. The zero-order valence-electron chi connectivity index (χ0n) is 12.0. The van der Waals surface area contributed by atoms with E-state index < -0.39 is 0 Å². The number of nitrogens with zero attached hydrogens (tertiary/aromatic N) is 4. The quantitative estimate of drug-likeness (QED) is 0.901. The van der Waals surface area contributed by atoms with Crippen molar-refractivity contribution in [3.8, 4) is 0 Å². The summed E-state index contributed by atoms with van der Waals surface area (Å²) in [7, 11) is 0. The highest BCUT2D eigenvalue weighted by atomic mass is 15.2. The maximum Gasteiger partial charge on any atom is 0.159 e. The number of nitrogen functional groups attached to an aromatic ring is 1. The van der Waals surface area contributed by atoms with Crippen molar-refractivity contribution in [1.82, 2.24) is 15.0 Å². The Morgan fingerprint density at radius 3 is 2.43 bits per heavy atom. The van der Waals surface area contributed by atoms with Gasteiger partial charge in [-0.1, -0.05) is 12.8 Å². The van der Waals surface area contributed by atoms with Gasteiger partial charge in [-0.25, -0.2) is 9.97 Å². The maximum atomic E-state index is 6.27. The van der Waals surface area contributed by atoms with Crippen LogP contribution in [-0.4, -0.2) is 28.0 Å². The van der Waals surface area contributed by atoms with Crippen LogP contribution in [0.15, 0.2) is 30.9 Å². The predicted molar refractivity (Wildman–Crippen MR) is 84.6 cm³/mol. The van der Waals surface area contributed by atoms with E-state index in [2.05, 4.69) is 25.2 Å². The third-order valence-electron chi connectivity index (χ3n) is 3.71. The fourth-order valence-corrected chi connectivity index (χ4v) is 2.59. The van der Waals surface area contributed by atoms with Gasteiger partial charge in [-0.15, -0.1) is 0 Å². The maximum absolute atomic E-state index is 6.27. The van der Waals surface area contributed by atoms with Crippen LogP contribution in [0.3, 0.4) is 0 Å². The van der Waals surface area contributed by atoms with E-state index in [0.29, 0.717) is 11.5 Å². The molecule has 3 heterocycles. The highest BCUT2D eigenvalue weighted by Gasteiger charge is 2.16. The van der Waals surface area contributed by atoms with E-state index in [1.165, 1.54) is 25.7 Å². The van der Waals surface area contributed by atoms with Crippen molar-refractivity contribution in [1.29, 1.82) is 0 Å². The molecule has 0 aromatic carbocycles. The van der Waals surface area contributed by atoms with Gasteiger partial charge in [0.05, 0.1) is 0 Å². The van der Waals surface area contributed by atoms with E-state index in [4.69, 9.17) is 5.73 Å². The number of aromatic nitrogens is 3. The second-order valence-electron chi connectivity index (χ2n) is 5.22. The number of rotatable bonds is 3. The second-order valence-corrected chi connectivity index (χ2v) is 5.22. The van der Waals surface area contributed by atoms with E-state index in [0.717, 1.165) is 24.6 Å². The van der Waals surface area contributed by atoms with Gasteiger partial charge < -0.3 is 16.0 Å². The summed E-state index contributed by atoms with van der Waals surface area (Å²) in [6.07, 6.45) is 9.98. The van der Waals surface area contributed by atoms with Crippen LogP contribution in [0.1, 0.15) is 25.7 Å². The molecule has 0 saturated carbocycles. The zero-order chi connectivity index (χ0) is 14.5. The second kappa shape index (κ2) is 6.39. The van der Waals surface area contributed by atoms with Crippen LogP contribution in [0.4, 0.5) is 23.0 Å². The summed E-state index contributed by atoms with van der Waals surface area (Å²) in [5.74, 6) is 1.49. The smallest absolute Gasteiger partial charge is 0.159 e. The summed E-state index contributed by atoms with van der Waals surface area (Å²) in [6.45, 7) is 2.02. The molecule has 0 unspecified atom stereocenters. The van der Waals surface area contributed by atoms with Gasteiger partial charge in [-0.2, -0.15) is 0 Å². The molecule has 0 aliphatic carbocycles. The van der Waals surface area contributed by atoms with Gasteiger partial charge in [0.2, 0.25) is 0 Å². The van der Waals surface area contributed by atoms with E-state index >= 15 is 0 Å². The third kappa shape index (κ3) is 3.21. The molecule has 1 fully saturated rings. The lowest BCUT2D eigenvalue weighted by atomic mass is 10.2. The van der Waals surface area contributed by atoms with Gasteiger partial charge in [-0.3, -0.25) is 4.98 Å². The number of anilines is 4. The first-order valence-electron chi connectivity index (χ1n) is 7.37. The standard InChI is InChI=1S/C15H20N6/c16-13-14(20-12-5-7-17-8-6-12)18-11-19-15(13)21-9-3-1-2-4-10-21/h5-8,11H,1-4,9-10,16H2,(H,17,18,19,20). The molecule has 0 amide bonds. The number of nitrogens with two attached hydrogens (primary N) is 1. The van der Waals surface area contributed by atoms with E-state index in [-0.39, 0.29) is 0 Å². The third-order valence-corrected chi connectivity index (χ3v) is 3.71. The topological polar surface area (TPSA) is 80.0 Å². The molecule has 0 bridgehead atoms. The SMILES string of the molecule is Nc1c(Nc2ccncc2)ncnc1N1CCCCCC1. The Morgan fingerprint density at radius 2 is 1.71 bits per heavy atom. The van der Waals surface area contributed by atoms with Crippen molar-refractivity contribution < 1.29 is 0 Å². The van der Waals surface area contributed by atoms with Crippen molar-refractivity contribution >= 4 is 23.0 Å². The summed E-state index contributed by atoms with van der Waals surface area (Å²) in [5, 5.41) is 3.22. The number of hydrogen-bond donors (Lipinski definition) is 2. The lowest BCUT2D eigenvalue weighted by molar-refractivity contribution is 0.726. The molecule has 0 radical (unpaired) electrons. The molecular formula is C15H20N6. The van der Waals surface area contributed by atoms with E-state index in [1.54, 1.807) is 18.7 Å². The van der Waals surface area contributed by atoms with Crippen molar-refractivity contribution in [2.75, 3.05) is 29.0 Å². The molecule has 0 atom stereocenters. The molecule has 2 aromatic heterocycles. The average molecular weight is 284 g/mol. The summed E-state index contributed by atoms with van der Waals surface area (Å²) in [5.41, 5.74) is 7.79. The first-order chi connectivity index (χ1) is 10.3.